The quantitative estimate of drug-likeness (QED) is 0.615. The lowest BCUT2D eigenvalue weighted by Gasteiger charge is -2.24. The van der Waals surface area contributed by atoms with Crippen LogP contribution in [0.25, 0.3) is 0 Å². The van der Waals surface area contributed by atoms with Gasteiger partial charge in [-0.3, -0.25) is 9.69 Å². The van der Waals surface area contributed by atoms with Gasteiger partial charge in [0.1, 0.15) is 0 Å². The van der Waals surface area contributed by atoms with Crippen LogP contribution in [0.5, 0.6) is 0 Å². The molecule has 0 aliphatic carbocycles. The van der Waals surface area contributed by atoms with Crippen molar-refractivity contribution < 1.29 is 9.53 Å². The first-order valence-corrected chi connectivity index (χ1v) is 10.5. The fourth-order valence-corrected chi connectivity index (χ4v) is 4.44. The monoisotopic (exact) mass is 470 g/mol. The fourth-order valence-electron chi connectivity index (χ4n) is 3.04. The Kier molecular flexibility index (Phi) is 6.86. The van der Waals surface area contributed by atoms with Gasteiger partial charge in [0, 0.05) is 33.8 Å². The van der Waals surface area contributed by atoms with Gasteiger partial charge in [0.15, 0.2) is 0 Å². The van der Waals surface area contributed by atoms with E-state index in [9.17, 15) is 4.79 Å². The molecule has 25 heavy (non-hydrogen) atoms. The molecule has 2 heterocycles. The highest BCUT2D eigenvalue weighted by Gasteiger charge is 2.21. The molecular weight excluding hydrogens is 447 g/mol. The highest BCUT2D eigenvalue weighted by atomic mass is 127. The van der Waals surface area contributed by atoms with Crippen LogP contribution in [0.15, 0.2) is 35.7 Å². The van der Waals surface area contributed by atoms with Gasteiger partial charge >= 0.3 is 0 Å². The van der Waals surface area contributed by atoms with E-state index in [4.69, 9.17) is 4.74 Å². The third-order valence-electron chi connectivity index (χ3n) is 4.28. The molecule has 1 saturated heterocycles. The molecule has 1 atom stereocenters. The zero-order chi connectivity index (χ0) is 17.6. The third kappa shape index (κ3) is 5.77. The molecule has 0 saturated carbocycles. The van der Waals surface area contributed by atoms with Gasteiger partial charge in [-0.2, -0.15) is 0 Å². The van der Waals surface area contributed by atoms with Gasteiger partial charge in [-0.15, -0.1) is 11.3 Å². The second-order valence-electron chi connectivity index (χ2n) is 6.39. The number of ether oxygens (including phenoxy) is 1. The van der Waals surface area contributed by atoms with Crippen molar-refractivity contribution in [3.63, 3.8) is 0 Å². The molecule has 0 bridgehead atoms. The van der Waals surface area contributed by atoms with Crippen LogP contribution in [-0.2, 0) is 16.1 Å². The SMILES string of the molecule is Cc1cc(I)ccc1NC(=O)CN(Cc1cccs1)CC1CCCO1. The Labute approximate surface area is 166 Å². The van der Waals surface area contributed by atoms with Crippen molar-refractivity contribution in [3.05, 3.63) is 49.7 Å². The van der Waals surface area contributed by atoms with Gasteiger partial charge < -0.3 is 10.1 Å². The number of hydrogen-bond acceptors (Lipinski definition) is 4. The van der Waals surface area contributed by atoms with Crippen LogP contribution in [0.1, 0.15) is 23.3 Å². The summed E-state index contributed by atoms with van der Waals surface area (Å²) in [6.45, 7) is 4.83. The van der Waals surface area contributed by atoms with Gasteiger partial charge in [-0.05, 0) is 77.6 Å². The van der Waals surface area contributed by atoms with E-state index in [1.807, 2.05) is 19.1 Å². The minimum Gasteiger partial charge on any atom is -0.377 e. The number of rotatable bonds is 7. The van der Waals surface area contributed by atoms with Crippen molar-refractivity contribution in [3.8, 4) is 0 Å². The predicted octanol–water partition coefficient (Wildman–Crippen LogP) is 4.28. The molecule has 1 unspecified atom stereocenters. The maximum absolute atomic E-state index is 12.6. The molecule has 1 fully saturated rings. The van der Waals surface area contributed by atoms with E-state index in [2.05, 4.69) is 56.4 Å². The molecule has 2 aromatic rings. The van der Waals surface area contributed by atoms with E-state index in [1.54, 1.807) is 11.3 Å². The Hall–Kier alpha value is -0.960. The first-order valence-electron chi connectivity index (χ1n) is 8.52. The number of anilines is 1. The molecule has 0 spiro atoms. The highest BCUT2D eigenvalue weighted by Crippen LogP contribution is 2.19. The molecule has 1 amide bonds. The van der Waals surface area contributed by atoms with E-state index in [-0.39, 0.29) is 12.0 Å². The number of nitrogens with one attached hydrogen (secondary N) is 1. The first-order chi connectivity index (χ1) is 12.1. The summed E-state index contributed by atoms with van der Waals surface area (Å²) < 4.78 is 6.94. The molecule has 1 aromatic heterocycles. The summed E-state index contributed by atoms with van der Waals surface area (Å²) in [5, 5.41) is 5.13. The second kappa shape index (κ2) is 9.12. The van der Waals surface area contributed by atoms with Gasteiger partial charge in [0.2, 0.25) is 5.91 Å². The molecule has 6 heteroatoms. The lowest BCUT2D eigenvalue weighted by Crippen LogP contribution is -2.37. The number of carbonyl (C=O) groups excluding carboxylic acids is 1. The minimum atomic E-state index is 0.0267. The highest BCUT2D eigenvalue weighted by molar-refractivity contribution is 14.1. The summed E-state index contributed by atoms with van der Waals surface area (Å²) in [5.74, 6) is 0.0267. The Morgan fingerprint density at radius 3 is 3.00 bits per heavy atom. The van der Waals surface area contributed by atoms with Crippen molar-refractivity contribution in [2.75, 3.05) is 25.0 Å². The predicted molar refractivity (Wildman–Crippen MR) is 111 cm³/mol. The van der Waals surface area contributed by atoms with E-state index in [0.717, 1.165) is 43.8 Å². The third-order valence-corrected chi connectivity index (χ3v) is 5.81. The topological polar surface area (TPSA) is 41.6 Å². The smallest absolute Gasteiger partial charge is 0.238 e. The number of benzene rings is 1. The number of nitrogens with zero attached hydrogens (tertiary/aromatic N) is 1. The summed E-state index contributed by atoms with van der Waals surface area (Å²) in [6.07, 6.45) is 2.44. The standard InChI is InChI=1S/C19H23IN2O2S/c1-14-10-15(20)6-7-18(14)21-19(23)13-22(11-16-4-2-8-24-16)12-17-5-3-9-25-17/h3,5-7,9-10,16H,2,4,8,11-13H2,1H3,(H,21,23). The van der Waals surface area contributed by atoms with Crippen molar-refractivity contribution in [2.45, 2.75) is 32.4 Å². The van der Waals surface area contributed by atoms with Crippen LogP contribution in [0.2, 0.25) is 0 Å². The summed E-state index contributed by atoms with van der Waals surface area (Å²) in [7, 11) is 0. The van der Waals surface area contributed by atoms with Crippen molar-refractivity contribution >= 4 is 45.5 Å². The number of halogens is 1. The second-order valence-corrected chi connectivity index (χ2v) is 8.67. The normalized spacial score (nSPS) is 17.2. The van der Waals surface area contributed by atoms with Crippen LogP contribution in [0, 0.1) is 10.5 Å². The molecule has 1 aromatic carbocycles. The largest absolute Gasteiger partial charge is 0.377 e. The number of thiophene rings is 1. The number of carbonyl (C=O) groups is 1. The molecule has 1 aliphatic heterocycles. The summed E-state index contributed by atoms with van der Waals surface area (Å²) >= 11 is 4.01. The van der Waals surface area contributed by atoms with Crippen LogP contribution < -0.4 is 5.32 Å². The minimum absolute atomic E-state index is 0.0267. The zero-order valence-corrected chi connectivity index (χ0v) is 17.3. The summed E-state index contributed by atoms with van der Waals surface area (Å²) in [5.41, 5.74) is 1.97. The molecule has 0 radical (unpaired) electrons. The molecule has 1 aliphatic rings. The van der Waals surface area contributed by atoms with Crippen LogP contribution in [-0.4, -0.2) is 36.6 Å². The molecule has 1 N–H and O–H groups in total. The van der Waals surface area contributed by atoms with Gasteiger partial charge in [0.25, 0.3) is 0 Å². The lowest BCUT2D eigenvalue weighted by molar-refractivity contribution is -0.117. The maximum atomic E-state index is 12.6. The average molecular weight is 470 g/mol. The fraction of sp³-hybridized carbons (Fsp3) is 0.421. The van der Waals surface area contributed by atoms with Crippen LogP contribution in [0.3, 0.4) is 0 Å². The van der Waals surface area contributed by atoms with Gasteiger partial charge in [0.05, 0.1) is 12.6 Å². The molecular formula is C19H23IN2O2S. The Bertz CT molecular complexity index is 699. The molecule has 134 valence electrons. The van der Waals surface area contributed by atoms with Crippen LogP contribution >= 0.6 is 33.9 Å². The van der Waals surface area contributed by atoms with Gasteiger partial charge in [-0.25, -0.2) is 0 Å². The van der Waals surface area contributed by atoms with Crippen LogP contribution in [0.4, 0.5) is 5.69 Å². The zero-order valence-electron chi connectivity index (χ0n) is 14.3. The lowest BCUT2D eigenvalue weighted by atomic mass is 10.2. The Morgan fingerprint density at radius 2 is 2.32 bits per heavy atom. The number of hydrogen-bond donors (Lipinski definition) is 1. The molecule has 4 nitrogen and oxygen atoms in total. The number of aryl methyl sites for hydroxylation is 1. The summed E-state index contributed by atoms with van der Waals surface area (Å²) in [4.78, 5) is 16.0. The van der Waals surface area contributed by atoms with Crippen molar-refractivity contribution in [1.29, 1.82) is 0 Å². The first kappa shape index (κ1) is 18.8. The van der Waals surface area contributed by atoms with Crippen molar-refractivity contribution in [2.24, 2.45) is 0 Å². The Morgan fingerprint density at radius 1 is 1.44 bits per heavy atom. The van der Waals surface area contributed by atoms with Gasteiger partial charge in [-0.1, -0.05) is 6.07 Å². The number of amides is 1. The Balaban J connectivity index is 1.62. The molecule has 3 rings (SSSR count). The average Bonchev–Trinajstić information content (AvgIpc) is 3.24. The maximum Gasteiger partial charge on any atom is 0.238 e. The van der Waals surface area contributed by atoms with E-state index >= 15 is 0 Å². The van der Waals surface area contributed by atoms with Crippen molar-refractivity contribution in [1.82, 2.24) is 4.90 Å². The van der Waals surface area contributed by atoms with E-state index in [1.165, 1.54) is 8.45 Å². The van der Waals surface area contributed by atoms with E-state index in [0.29, 0.717) is 6.54 Å². The van der Waals surface area contributed by atoms with E-state index < -0.39 is 0 Å². The summed E-state index contributed by atoms with van der Waals surface area (Å²) in [6, 6.07) is 10.2.